The van der Waals surface area contributed by atoms with Gasteiger partial charge in [-0.05, 0) is 18.9 Å². The lowest BCUT2D eigenvalue weighted by molar-refractivity contribution is -0.127. The Hall–Kier alpha value is -2.24. The second kappa shape index (κ2) is 7.35. The van der Waals surface area contributed by atoms with Crippen LogP contribution >= 0.6 is 0 Å². The number of urea groups is 1. The molecule has 23 heavy (non-hydrogen) atoms. The van der Waals surface area contributed by atoms with Crippen molar-refractivity contribution in [2.24, 2.45) is 0 Å². The van der Waals surface area contributed by atoms with Crippen LogP contribution in [0.2, 0.25) is 0 Å². The predicted molar refractivity (Wildman–Crippen MR) is 86.3 cm³/mol. The number of para-hydroxylation sites is 1. The van der Waals surface area contributed by atoms with Gasteiger partial charge in [0.2, 0.25) is 5.91 Å². The summed E-state index contributed by atoms with van der Waals surface area (Å²) in [5.74, 6) is 1.07. The summed E-state index contributed by atoms with van der Waals surface area (Å²) in [5.41, 5.74) is 1.02. The standard InChI is InChI=1S/C17H23N3O3/c21-16-7-3-10-20(16)11-4-9-18-17(22)19-14-8-12-23-15-6-2-1-5-13(14)15/h1-2,5-6,14H,3-4,7-12H2,(H2,18,19,22)/t14-/m0/s1. The molecule has 0 saturated carbocycles. The highest BCUT2D eigenvalue weighted by atomic mass is 16.5. The second-order valence-electron chi connectivity index (χ2n) is 5.97. The zero-order chi connectivity index (χ0) is 16.1. The fraction of sp³-hybridized carbons (Fsp3) is 0.529. The van der Waals surface area contributed by atoms with E-state index in [4.69, 9.17) is 4.74 Å². The average Bonchev–Trinajstić information content (AvgIpc) is 2.97. The molecule has 124 valence electrons. The molecule has 3 amide bonds. The van der Waals surface area contributed by atoms with Crippen LogP contribution in [0.1, 0.15) is 37.3 Å². The summed E-state index contributed by atoms with van der Waals surface area (Å²) in [6.45, 7) is 2.75. The van der Waals surface area contributed by atoms with Crippen LogP contribution in [-0.4, -0.2) is 43.1 Å². The zero-order valence-electron chi connectivity index (χ0n) is 13.2. The molecule has 6 heteroatoms. The topological polar surface area (TPSA) is 70.7 Å². The van der Waals surface area contributed by atoms with Crippen LogP contribution in [-0.2, 0) is 4.79 Å². The zero-order valence-corrected chi connectivity index (χ0v) is 13.2. The molecule has 1 fully saturated rings. The number of hydrogen-bond donors (Lipinski definition) is 2. The van der Waals surface area contributed by atoms with Gasteiger partial charge in [0.1, 0.15) is 5.75 Å². The molecule has 1 aromatic carbocycles. The highest BCUT2D eigenvalue weighted by molar-refractivity contribution is 5.78. The maximum atomic E-state index is 12.0. The molecule has 2 heterocycles. The number of nitrogens with zero attached hydrogens (tertiary/aromatic N) is 1. The third-order valence-corrected chi connectivity index (χ3v) is 4.33. The Morgan fingerprint density at radius 2 is 2.22 bits per heavy atom. The summed E-state index contributed by atoms with van der Waals surface area (Å²) in [6.07, 6.45) is 3.17. The maximum Gasteiger partial charge on any atom is 0.315 e. The maximum absolute atomic E-state index is 12.0. The summed E-state index contributed by atoms with van der Waals surface area (Å²) >= 11 is 0. The molecular formula is C17H23N3O3. The second-order valence-corrected chi connectivity index (χ2v) is 5.97. The number of nitrogens with one attached hydrogen (secondary N) is 2. The first kappa shape index (κ1) is 15.6. The summed E-state index contributed by atoms with van der Waals surface area (Å²) in [6, 6.07) is 7.61. The van der Waals surface area contributed by atoms with Crippen molar-refractivity contribution < 1.29 is 14.3 Å². The van der Waals surface area contributed by atoms with Gasteiger partial charge >= 0.3 is 6.03 Å². The molecule has 1 saturated heterocycles. The van der Waals surface area contributed by atoms with Crippen molar-refractivity contribution in [2.75, 3.05) is 26.2 Å². The number of hydrogen-bond acceptors (Lipinski definition) is 3. The van der Waals surface area contributed by atoms with Crippen molar-refractivity contribution in [1.82, 2.24) is 15.5 Å². The van der Waals surface area contributed by atoms with Gasteiger partial charge in [0.05, 0.1) is 12.6 Å². The fourth-order valence-corrected chi connectivity index (χ4v) is 3.11. The summed E-state index contributed by atoms with van der Waals surface area (Å²) in [5, 5.41) is 5.87. The first-order valence-corrected chi connectivity index (χ1v) is 8.28. The van der Waals surface area contributed by atoms with Crippen molar-refractivity contribution in [3.63, 3.8) is 0 Å². The third kappa shape index (κ3) is 3.94. The summed E-state index contributed by atoms with van der Waals surface area (Å²) in [4.78, 5) is 25.4. The van der Waals surface area contributed by atoms with Gasteiger partial charge in [-0.1, -0.05) is 18.2 Å². The van der Waals surface area contributed by atoms with Gasteiger partial charge in [0, 0.05) is 38.0 Å². The van der Waals surface area contributed by atoms with Gasteiger partial charge in [0.25, 0.3) is 0 Å². The lowest BCUT2D eigenvalue weighted by atomic mass is 10.0. The third-order valence-electron chi connectivity index (χ3n) is 4.33. The monoisotopic (exact) mass is 317 g/mol. The molecule has 0 unspecified atom stereocenters. The molecule has 0 aliphatic carbocycles. The molecule has 2 aliphatic rings. The number of carbonyl (C=O) groups is 2. The number of likely N-dealkylation sites (tertiary alicyclic amines) is 1. The van der Waals surface area contributed by atoms with Crippen LogP contribution in [0.25, 0.3) is 0 Å². The van der Waals surface area contributed by atoms with Gasteiger partial charge in [0.15, 0.2) is 0 Å². The predicted octanol–water partition coefficient (Wildman–Crippen LogP) is 1.82. The van der Waals surface area contributed by atoms with Gasteiger partial charge < -0.3 is 20.3 Å². The minimum Gasteiger partial charge on any atom is -0.493 e. The number of rotatable bonds is 5. The van der Waals surface area contributed by atoms with E-state index in [0.717, 1.165) is 43.7 Å². The van der Waals surface area contributed by atoms with E-state index >= 15 is 0 Å². The largest absolute Gasteiger partial charge is 0.493 e. The van der Waals surface area contributed by atoms with Crippen molar-refractivity contribution >= 4 is 11.9 Å². The molecule has 2 aliphatic heterocycles. The highest BCUT2D eigenvalue weighted by Gasteiger charge is 2.22. The van der Waals surface area contributed by atoms with E-state index in [9.17, 15) is 9.59 Å². The van der Waals surface area contributed by atoms with E-state index in [0.29, 0.717) is 19.6 Å². The Morgan fingerprint density at radius 3 is 3.04 bits per heavy atom. The molecule has 3 rings (SSSR count). The number of ether oxygens (including phenoxy) is 1. The van der Waals surface area contributed by atoms with Gasteiger partial charge in [-0.2, -0.15) is 0 Å². The van der Waals surface area contributed by atoms with E-state index in [-0.39, 0.29) is 18.0 Å². The molecular weight excluding hydrogens is 294 g/mol. The quantitative estimate of drug-likeness (QED) is 0.814. The lowest BCUT2D eigenvalue weighted by Crippen LogP contribution is -2.40. The van der Waals surface area contributed by atoms with Crippen LogP contribution in [0.15, 0.2) is 24.3 Å². The molecule has 1 atom stereocenters. The van der Waals surface area contributed by atoms with Gasteiger partial charge in [-0.15, -0.1) is 0 Å². The first-order chi connectivity index (χ1) is 11.2. The average molecular weight is 317 g/mol. The Morgan fingerprint density at radius 1 is 1.35 bits per heavy atom. The van der Waals surface area contributed by atoms with E-state index in [1.807, 2.05) is 29.2 Å². The molecule has 1 aromatic rings. The molecule has 0 spiro atoms. The molecule has 0 aromatic heterocycles. The van der Waals surface area contributed by atoms with Crippen molar-refractivity contribution in [3.05, 3.63) is 29.8 Å². The highest BCUT2D eigenvalue weighted by Crippen LogP contribution is 2.31. The Bertz CT molecular complexity index is 576. The fourth-order valence-electron chi connectivity index (χ4n) is 3.11. The van der Waals surface area contributed by atoms with Crippen LogP contribution in [0.3, 0.4) is 0 Å². The van der Waals surface area contributed by atoms with E-state index < -0.39 is 0 Å². The number of fused-ring (bicyclic) bond motifs is 1. The van der Waals surface area contributed by atoms with Crippen molar-refractivity contribution in [2.45, 2.75) is 31.7 Å². The number of carbonyl (C=O) groups excluding carboxylic acids is 2. The summed E-state index contributed by atoms with van der Waals surface area (Å²) < 4.78 is 5.59. The minimum absolute atomic E-state index is 0.0138. The normalized spacial score (nSPS) is 19.9. The molecule has 6 nitrogen and oxygen atoms in total. The van der Waals surface area contributed by atoms with Crippen molar-refractivity contribution in [3.8, 4) is 5.75 Å². The van der Waals surface area contributed by atoms with Crippen LogP contribution in [0, 0.1) is 0 Å². The SMILES string of the molecule is O=C(NCCCN1CCCC1=O)N[C@H]1CCOc2ccccc21. The smallest absolute Gasteiger partial charge is 0.315 e. The number of benzene rings is 1. The van der Waals surface area contributed by atoms with Gasteiger partial charge in [-0.3, -0.25) is 4.79 Å². The van der Waals surface area contributed by atoms with Crippen molar-refractivity contribution in [1.29, 1.82) is 0 Å². The van der Waals surface area contributed by atoms with E-state index in [1.54, 1.807) is 0 Å². The molecule has 0 radical (unpaired) electrons. The summed E-state index contributed by atoms with van der Waals surface area (Å²) in [7, 11) is 0. The van der Waals surface area contributed by atoms with Crippen LogP contribution in [0.4, 0.5) is 4.79 Å². The Kier molecular flexibility index (Phi) is 5.00. The minimum atomic E-state index is -0.167. The van der Waals surface area contributed by atoms with Gasteiger partial charge in [-0.25, -0.2) is 4.79 Å². The first-order valence-electron chi connectivity index (χ1n) is 8.28. The van der Waals surface area contributed by atoms with E-state index in [1.165, 1.54) is 0 Å². The van der Waals surface area contributed by atoms with Crippen LogP contribution in [0.5, 0.6) is 5.75 Å². The molecule has 2 N–H and O–H groups in total. The Labute approximate surface area is 136 Å². The van der Waals surface area contributed by atoms with E-state index in [2.05, 4.69) is 10.6 Å². The molecule has 0 bridgehead atoms. The lowest BCUT2D eigenvalue weighted by Gasteiger charge is -2.26. The Balaban J connectivity index is 1.41. The number of amides is 3. The van der Waals surface area contributed by atoms with Crippen LogP contribution < -0.4 is 15.4 Å².